The maximum Gasteiger partial charge on any atom is 0.256 e. The van der Waals surface area contributed by atoms with Crippen molar-refractivity contribution in [2.45, 2.75) is 59.7 Å². The lowest BCUT2D eigenvalue weighted by atomic mass is 9.94. The van der Waals surface area contributed by atoms with Crippen LogP contribution in [-0.2, 0) is 25.1 Å². The van der Waals surface area contributed by atoms with E-state index in [-0.39, 0.29) is 5.56 Å². The van der Waals surface area contributed by atoms with Gasteiger partial charge in [0.05, 0.1) is 5.60 Å². The Labute approximate surface area is 127 Å². The number of fused-ring (bicyclic) bond motifs is 1. The van der Waals surface area contributed by atoms with Crippen LogP contribution in [0.4, 0.5) is 0 Å². The number of hydrogen-bond acceptors (Lipinski definition) is 3. The third-order valence-corrected chi connectivity index (χ3v) is 4.20. The van der Waals surface area contributed by atoms with E-state index in [9.17, 15) is 9.90 Å². The van der Waals surface area contributed by atoms with Crippen LogP contribution in [0.25, 0.3) is 0 Å². The van der Waals surface area contributed by atoms with Gasteiger partial charge in [-0.05, 0) is 37.9 Å². The minimum absolute atomic E-state index is 0.0279. The second-order valence-electron chi connectivity index (χ2n) is 7.02. The fourth-order valence-electron chi connectivity index (χ4n) is 3.04. The molecule has 21 heavy (non-hydrogen) atoms. The summed E-state index contributed by atoms with van der Waals surface area (Å²) in [6, 6.07) is 1.93. The van der Waals surface area contributed by atoms with Gasteiger partial charge in [0.2, 0.25) is 0 Å². The summed E-state index contributed by atoms with van der Waals surface area (Å²) in [5.74, 6) is 0.410. The Balaban J connectivity index is 2.60. The van der Waals surface area contributed by atoms with Gasteiger partial charge < -0.3 is 9.67 Å². The van der Waals surface area contributed by atoms with E-state index in [1.165, 1.54) is 5.56 Å². The van der Waals surface area contributed by atoms with Gasteiger partial charge in [-0.1, -0.05) is 20.8 Å². The van der Waals surface area contributed by atoms with Crippen LogP contribution in [0.15, 0.2) is 10.9 Å². The Morgan fingerprint density at radius 3 is 2.57 bits per heavy atom. The fourth-order valence-corrected chi connectivity index (χ4v) is 3.04. The molecule has 0 saturated heterocycles. The lowest BCUT2D eigenvalue weighted by Crippen LogP contribution is -2.40. The predicted octanol–water partition coefficient (Wildman–Crippen LogP) is 2.11. The second kappa shape index (κ2) is 5.93. The van der Waals surface area contributed by atoms with Crippen molar-refractivity contribution in [2.24, 2.45) is 5.92 Å². The average molecular weight is 292 g/mol. The van der Waals surface area contributed by atoms with Crippen LogP contribution in [-0.4, -0.2) is 27.7 Å². The highest BCUT2D eigenvalue weighted by molar-refractivity contribution is 5.31. The zero-order chi connectivity index (χ0) is 15.8. The van der Waals surface area contributed by atoms with Crippen molar-refractivity contribution in [2.75, 3.05) is 13.1 Å². The lowest BCUT2D eigenvalue weighted by Gasteiger charge is -2.32. The molecule has 0 fully saturated rings. The van der Waals surface area contributed by atoms with Crippen molar-refractivity contribution in [3.8, 4) is 0 Å². The highest BCUT2D eigenvalue weighted by Gasteiger charge is 2.27. The van der Waals surface area contributed by atoms with Crippen LogP contribution in [0.5, 0.6) is 0 Å². The smallest absolute Gasteiger partial charge is 0.256 e. The van der Waals surface area contributed by atoms with Gasteiger partial charge in [-0.25, -0.2) is 0 Å². The zero-order valence-corrected chi connectivity index (χ0v) is 13.9. The molecule has 1 aliphatic heterocycles. The molecule has 0 amide bonds. The van der Waals surface area contributed by atoms with Crippen LogP contribution in [0.1, 0.15) is 51.4 Å². The van der Waals surface area contributed by atoms with Crippen molar-refractivity contribution < 1.29 is 5.11 Å². The van der Waals surface area contributed by atoms with E-state index in [4.69, 9.17) is 0 Å². The SMILES string of the molecule is CCN1CCc2c(cc(C(C)(C)O)c(=O)n2CC(C)C)C1. The second-order valence-corrected chi connectivity index (χ2v) is 7.02. The van der Waals surface area contributed by atoms with Crippen molar-refractivity contribution in [1.29, 1.82) is 0 Å². The Morgan fingerprint density at radius 2 is 2.05 bits per heavy atom. The Kier molecular flexibility index (Phi) is 4.59. The molecule has 0 spiro atoms. The largest absolute Gasteiger partial charge is 0.386 e. The van der Waals surface area contributed by atoms with Crippen LogP contribution in [0, 0.1) is 5.92 Å². The normalized spacial score (nSPS) is 16.3. The first-order chi connectivity index (χ1) is 9.74. The number of aromatic nitrogens is 1. The molecule has 0 unspecified atom stereocenters. The highest BCUT2D eigenvalue weighted by atomic mass is 16.3. The van der Waals surface area contributed by atoms with Crippen LogP contribution in [0.2, 0.25) is 0 Å². The average Bonchev–Trinajstić information content (AvgIpc) is 2.39. The molecular formula is C17H28N2O2. The maximum absolute atomic E-state index is 12.8. The third kappa shape index (κ3) is 3.38. The van der Waals surface area contributed by atoms with Gasteiger partial charge in [-0.3, -0.25) is 9.69 Å². The Bertz CT molecular complexity index is 567. The van der Waals surface area contributed by atoms with Gasteiger partial charge in [0.1, 0.15) is 0 Å². The van der Waals surface area contributed by atoms with Gasteiger partial charge in [0.15, 0.2) is 0 Å². The van der Waals surface area contributed by atoms with Gasteiger partial charge in [-0.2, -0.15) is 0 Å². The van der Waals surface area contributed by atoms with Gasteiger partial charge in [-0.15, -0.1) is 0 Å². The lowest BCUT2D eigenvalue weighted by molar-refractivity contribution is 0.0759. The molecule has 0 radical (unpaired) electrons. The van der Waals surface area contributed by atoms with E-state index < -0.39 is 5.60 Å². The summed E-state index contributed by atoms with van der Waals surface area (Å²) in [6.45, 7) is 13.4. The van der Waals surface area contributed by atoms with E-state index in [2.05, 4.69) is 25.7 Å². The topological polar surface area (TPSA) is 45.5 Å². The molecule has 1 N–H and O–H groups in total. The summed E-state index contributed by atoms with van der Waals surface area (Å²) in [5.41, 5.74) is 1.74. The first-order valence-electron chi connectivity index (χ1n) is 7.94. The molecule has 0 saturated carbocycles. The molecule has 0 atom stereocenters. The monoisotopic (exact) mass is 292 g/mol. The number of rotatable bonds is 4. The molecule has 1 aliphatic rings. The van der Waals surface area contributed by atoms with E-state index in [0.29, 0.717) is 11.5 Å². The summed E-state index contributed by atoms with van der Waals surface area (Å²) < 4.78 is 1.90. The minimum atomic E-state index is -1.10. The molecule has 2 rings (SSSR count). The number of aliphatic hydroxyl groups is 1. The van der Waals surface area contributed by atoms with E-state index in [0.717, 1.165) is 38.3 Å². The number of pyridine rings is 1. The van der Waals surface area contributed by atoms with Gasteiger partial charge in [0.25, 0.3) is 5.56 Å². The van der Waals surface area contributed by atoms with Crippen molar-refractivity contribution in [3.63, 3.8) is 0 Å². The summed E-state index contributed by atoms with van der Waals surface area (Å²) >= 11 is 0. The van der Waals surface area contributed by atoms with Gasteiger partial charge >= 0.3 is 0 Å². The quantitative estimate of drug-likeness (QED) is 0.924. The Hall–Kier alpha value is -1.13. The maximum atomic E-state index is 12.8. The molecule has 0 aromatic carbocycles. The first-order valence-corrected chi connectivity index (χ1v) is 7.94. The number of nitrogens with zero attached hydrogens (tertiary/aromatic N) is 2. The summed E-state index contributed by atoms with van der Waals surface area (Å²) in [4.78, 5) is 15.1. The predicted molar refractivity (Wildman–Crippen MR) is 85.4 cm³/mol. The molecule has 2 heterocycles. The minimum Gasteiger partial charge on any atom is -0.386 e. The number of hydrogen-bond donors (Lipinski definition) is 1. The molecule has 4 heteroatoms. The molecule has 0 bridgehead atoms. The molecule has 1 aromatic rings. The summed E-state index contributed by atoms with van der Waals surface area (Å²) in [5, 5.41) is 10.3. The first kappa shape index (κ1) is 16.2. The summed E-state index contributed by atoms with van der Waals surface area (Å²) in [6.07, 6.45) is 0.914. The fraction of sp³-hybridized carbons (Fsp3) is 0.706. The molecular weight excluding hydrogens is 264 g/mol. The summed E-state index contributed by atoms with van der Waals surface area (Å²) in [7, 11) is 0. The van der Waals surface area contributed by atoms with Crippen molar-refractivity contribution in [3.05, 3.63) is 33.2 Å². The van der Waals surface area contributed by atoms with E-state index >= 15 is 0 Å². The van der Waals surface area contributed by atoms with Crippen LogP contribution in [0.3, 0.4) is 0 Å². The molecule has 118 valence electrons. The molecule has 0 aliphatic carbocycles. The zero-order valence-electron chi connectivity index (χ0n) is 13.9. The molecule has 4 nitrogen and oxygen atoms in total. The number of likely N-dealkylation sites (N-methyl/N-ethyl adjacent to an activating group) is 1. The van der Waals surface area contributed by atoms with Crippen LogP contribution >= 0.6 is 0 Å². The van der Waals surface area contributed by atoms with Crippen molar-refractivity contribution >= 4 is 0 Å². The van der Waals surface area contributed by atoms with Gasteiger partial charge in [0, 0.05) is 37.3 Å². The standard InChI is InChI=1S/C17H28N2O2/c1-6-18-8-7-15-13(11-18)9-14(17(4,5)21)16(20)19(15)10-12(2)3/h9,12,21H,6-8,10-11H2,1-5H3. The van der Waals surface area contributed by atoms with Crippen molar-refractivity contribution in [1.82, 2.24) is 9.47 Å². The highest BCUT2D eigenvalue weighted by Crippen LogP contribution is 2.24. The van der Waals surface area contributed by atoms with E-state index in [1.54, 1.807) is 13.8 Å². The van der Waals surface area contributed by atoms with E-state index in [1.807, 2.05) is 10.6 Å². The third-order valence-electron chi connectivity index (χ3n) is 4.20. The van der Waals surface area contributed by atoms with Crippen LogP contribution < -0.4 is 5.56 Å². The Morgan fingerprint density at radius 1 is 1.38 bits per heavy atom. The molecule has 1 aromatic heterocycles.